The Balaban J connectivity index is 1.44. The number of aryl methyl sites for hydroxylation is 1. The van der Waals surface area contributed by atoms with Crippen LogP contribution < -0.4 is 15.6 Å². The van der Waals surface area contributed by atoms with Gasteiger partial charge in [0.25, 0.3) is 5.91 Å². The summed E-state index contributed by atoms with van der Waals surface area (Å²) in [6.45, 7) is 1.47. The van der Waals surface area contributed by atoms with E-state index in [4.69, 9.17) is 4.74 Å². The zero-order valence-corrected chi connectivity index (χ0v) is 15.4. The number of amides is 2. The average molecular weight is 387 g/mol. The molecule has 6 nitrogen and oxygen atoms in total. The summed E-state index contributed by atoms with van der Waals surface area (Å²) in [5, 5.41) is 0.855. The van der Waals surface area contributed by atoms with Crippen LogP contribution in [-0.4, -0.2) is 22.9 Å². The van der Waals surface area contributed by atoms with Crippen LogP contribution in [0.15, 0.2) is 48.5 Å². The van der Waals surface area contributed by atoms with Crippen LogP contribution in [-0.2, 0) is 16.0 Å². The Bertz CT molecular complexity index is 927. The summed E-state index contributed by atoms with van der Waals surface area (Å²) in [7, 11) is 0. The molecule has 140 valence electrons. The van der Waals surface area contributed by atoms with Crippen LogP contribution in [0.1, 0.15) is 18.4 Å². The zero-order valence-electron chi connectivity index (χ0n) is 14.6. The fourth-order valence-electron chi connectivity index (χ4n) is 2.33. The molecule has 0 radical (unpaired) electrons. The number of carbonyl (C=O) groups excluding carboxylic acids is 2. The molecule has 0 fully saturated rings. The van der Waals surface area contributed by atoms with Crippen molar-refractivity contribution in [3.63, 3.8) is 0 Å². The first-order valence-corrected chi connectivity index (χ1v) is 9.19. The fraction of sp³-hybridized carbons (Fsp3) is 0.211. The van der Waals surface area contributed by atoms with Crippen LogP contribution in [0.2, 0.25) is 0 Å². The fourth-order valence-corrected chi connectivity index (χ4v) is 3.29. The predicted octanol–water partition coefficient (Wildman–Crippen LogP) is 2.98. The minimum Gasteiger partial charge on any atom is -0.478 e. The van der Waals surface area contributed by atoms with Gasteiger partial charge in [-0.2, -0.15) is 0 Å². The van der Waals surface area contributed by atoms with Crippen LogP contribution in [0.5, 0.6) is 5.75 Å². The second kappa shape index (κ2) is 8.59. The number of aromatic nitrogens is 1. The largest absolute Gasteiger partial charge is 0.478 e. The first kappa shape index (κ1) is 18.8. The van der Waals surface area contributed by atoms with Crippen molar-refractivity contribution in [3.05, 3.63) is 59.4 Å². The van der Waals surface area contributed by atoms with Crippen LogP contribution in [0.25, 0.3) is 10.2 Å². The van der Waals surface area contributed by atoms with Gasteiger partial charge in [0.15, 0.2) is 17.7 Å². The van der Waals surface area contributed by atoms with Gasteiger partial charge in [-0.25, -0.2) is 9.37 Å². The van der Waals surface area contributed by atoms with Crippen LogP contribution in [0, 0.1) is 5.82 Å². The lowest BCUT2D eigenvalue weighted by atomic mass is 10.3. The van der Waals surface area contributed by atoms with Gasteiger partial charge in [0, 0.05) is 12.8 Å². The van der Waals surface area contributed by atoms with E-state index >= 15 is 0 Å². The van der Waals surface area contributed by atoms with Gasteiger partial charge in [-0.15, -0.1) is 11.3 Å². The quantitative estimate of drug-likeness (QED) is 0.637. The smallest absolute Gasteiger partial charge is 0.279 e. The molecule has 27 heavy (non-hydrogen) atoms. The van der Waals surface area contributed by atoms with Crippen molar-refractivity contribution in [1.82, 2.24) is 15.8 Å². The molecule has 0 aliphatic rings. The Hall–Kier alpha value is -3.00. The van der Waals surface area contributed by atoms with Gasteiger partial charge in [-0.3, -0.25) is 20.4 Å². The third-order valence-electron chi connectivity index (χ3n) is 3.74. The van der Waals surface area contributed by atoms with Crippen LogP contribution >= 0.6 is 11.3 Å². The number of hydrogen-bond donors (Lipinski definition) is 2. The highest BCUT2D eigenvalue weighted by atomic mass is 32.1. The second-order valence-electron chi connectivity index (χ2n) is 5.80. The Morgan fingerprint density at radius 3 is 2.67 bits per heavy atom. The summed E-state index contributed by atoms with van der Waals surface area (Å²) in [5.41, 5.74) is 5.52. The van der Waals surface area contributed by atoms with E-state index in [1.807, 2.05) is 24.3 Å². The average Bonchev–Trinajstić information content (AvgIpc) is 3.09. The van der Waals surface area contributed by atoms with Crippen molar-refractivity contribution < 1.29 is 18.7 Å². The summed E-state index contributed by atoms with van der Waals surface area (Å²) in [4.78, 5) is 28.4. The molecule has 1 aromatic heterocycles. The standard InChI is InChI=1S/C19H18FN3O3S/c1-12(26-15-8-4-2-6-13(15)20)19(25)23-22-17(24)10-11-18-21-14-7-3-5-9-16(14)27-18/h2-9,12H,10-11H2,1H3,(H,22,24)(H,23,25). The van der Waals surface area contributed by atoms with Crippen LogP contribution in [0.4, 0.5) is 4.39 Å². The maximum atomic E-state index is 13.5. The minimum absolute atomic E-state index is 0.0256. The minimum atomic E-state index is -0.966. The number of nitrogens with one attached hydrogen (secondary N) is 2. The van der Waals surface area contributed by atoms with Crippen molar-refractivity contribution >= 4 is 33.4 Å². The molecule has 3 rings (SSSR count). The van der Waals surface area contributed by atoms with E-state index < -0.39 is 17.8 Å². The third-order valence-corrected chi connectivity index (χ3v) is 4.84. The highest BCUT2D eigenvalue weighted by Crippen LogP contribution is 2.22. The molecule has 1 atom stereocenters. The lowest BCUT2D eigenvalue weighted by Gasteiger charge is -2.15. The molecular weight excluding hydrogens is 369 g/mol. The van der Waals surface area contributed by atoms with Gasteiger partial charge in [-0.1, -0.05) is 24.3 Å². The second-order valence-corrected chi connectivity index (χ2v) is 6.92. The van der Waals surface area contributed by atoms with E-state index in [1.54, 1.807) is 6.07 Å². The van der Waals surface area contributed by atoms with Crippen molar-refractivity contribution in [2.75, 3.05) is 0 Å². The third kappa shape index (κ3) is 5.01. The van der Waals surface area contributed by atoms with Crippen LogP contribution in [0.3, 0.4) is 0 Å². The molecule has 2 aromatic carbocycles. The Labute approximate surface area is 159 Å². The normalized spacial score (nSPS) is 11.8. The number of ether oxygens (including phenoxy) is 1. The number of nitrogens with zero attached hydrogens (tertiary/aromatic N) is 1. The summed E-state index contributed by atoms with van der Waals surface area (Å²) in [5.74, 6) is -1.51. The maximum absolute atomic E-state index is 13.5. The number of fused-ring (bicyclic) bond motifs is 1. The number of hydrogen-bond acceptors (Lipinski definition) is 5. The van der Waals surface area contributed by atoms with Crippen molar-refractivity contribution in [2.45, 2.75) is 25.9 Å². The summed E-state index contributed by atoms with van der Waals surface area (Å²) in [6, 6.07) is 13.6. The van der Waals surface area contributed by atoms with Gasteiger partial charge in [-0.05, 0) is 31.2 Å². The number of hydrazine groups is 1. The van der Waals surface area contributed by atoms with Crippen molar-refractivity contribution in [3.8, 4) is 5.75 Å². The number of carbonyl (C=O) groups is 2. The zero-order chi connectivity index (χ0) is 19.2. The molecule has 1 unspecified atom stereocenters. The molecule has 0 aliphatic carbocycles. The number of para-hydroxylation sites is 2. The van der Waals surface area contributed by atoms with Crippen molar-refractivity contribution in [2.24, 2.45) is 0 Å². The van der Waals surface area contributed by atoms with E-state index in [-0.39, 0.29) is 18.1 Å². The lowest BCUT2D eigenvalue weighted by Crippen LogP contribution is -2.47. The van der Waals surface area contributed by atoms with E-state index in [2.05, 4.69) is 15.8 Å². The Kier molecular flexibility index (Phi) is 5.97. The van der Waals surface area contributed by atoms with Gasteiger partial charge in [0.1, 0.15) is 0 Å². The van der Waals surface area contributed by atoms with Crippen molar-refractivity contribution in [1.29, 1.82) is 0 Å². The van der Waals surface area contributed by atoms with Gasteiger partial charge < -0.3 is 4.74 Å². The molecule has 0 saturated heterocycles. The highest BCUT2D eigenvalue weighted by molar-refractivity contribution is 7.18. The van der Waals surface area contributed by atoms with E-state index in [0.29, 0.717) is 6.42 Å². The van der Waals surface area contributed by atoms with E-state index in [1.165, 1.54) is 36.5 Å². The number of thiazole rings is 1. The lowest BCUT2D eigenvalue weighted by molar-refractivity contribution is -0.132. The molecule has 1 heterocycles. The first-order valence-electron chi connectivity index (χ1n) is 8.37. The SMILES string of the molecule is CC(Oc1ccccc1F)C(=O)NNC(=O)CCc1nc2ccccc2s1. The molecule has 2 amide bonds. The van der Waals surface area contributed by atoms with E-state index in [9.17, 15) is 14.0 Å². The Morgan fingerprint density at radius 1 is 1.15 bits per heavy atom. The van der Waals surface area contributed by atoms with Gasteiger partial charge in [0.05, 0.1) is 15.2 Å². The number of rotatable bonds is 6. The summed E-state index contributed by atoms with van der Waals surface area (Å²) < 4.78 is 19.9. The summed E-state index contributed by atoms with van der Waals surface area (Å²) >= 11 is 1.54. The molecule has 3 aromatic rings. The predicted molar refractivity (Wildman–Crippen MR) is 101 cm³/mol. The molecule has 0 aliphatic heterocycles. The topological polar surface area (TPSA) is 80.3 Å². The molecular formula is C19H18FN3O3S. The van der Waals surface area contributed by atoms with Gasteiger partial charge >= 0.3 is 0 Å². The highest BCUT2D eigenvalue weighted by Gasteiger charge is 2.17. The van der Waals surface area contributed by atoms with Gasteiger partial charge in [0.2, 0.25) is 5.91 Å². The molecule has 0 bridgehead atoms. The molecule has 8 heteroatoms. The summed E-state index contributed by atoms with van der Waals surface area (Å²) in [6.07, 6.45) is -0.309. The number of halogens is 1. The van der Waals surface area contributed by atoms with E-state index in [0.717, 1.165) is 15.2 Å². The Morgan fingerprint density at radius 2 is 1.89 bits per heavy atom. The molecule has 0 saturated carbocycles. The molecule has 0 spiro atoms. The monoisotopic (exact) mass is 387 g/mol. The first-order chi connectivity index (χ1) is 13.0. The number of benzene rings is 2. The maximum Gasteiger partial charge on any atom is 0.279 e. The molecule has 2 N–H and O–H groups in total.